The standard InChI is InChI=1S/C17H17BrClNO/c1-12-5-3-4-6-16(12)20(2)10-9-17(21)14-8-7-13(18)11-15(14)19/h3-8,11H,9-10H2,1-2H3. The third kappa shape index (κ3) is 4.08. The van der Waals surface area contributed by atoms with E-state index in [4.69, 9.17) is 11.6 Å². The monoisotopic (exact) mass is 365 g/mol. The van der Waals surface area contributed by atoms with Gasteiger partial charge in [0.25, 0.3) is 0 Å². The molecule has 0 saturated heterocycles. The molecule has 21 heavy (non-hydrogen) atoms. The smallest absolute Gasteiger partial charge is 0.166 e. The zero-order valence-corrected chi connectivity index (χ0v) is 14.4. The van der Waals surface area contributed by atoms with E-state index in [-0.39, 0.29) is 5.78 Å². The second-order valence-corrected chi connectivity index (χ2v) is 6.33. The van der Waals surface area contributed by atoms with E-state index in [1.807, 2.05) is 25.2 Å². The molecule has 0 aliphatic heterocycles. The van der Waals surface area contributed by atoms with Crippen LogP contribution in [0.2, 0.25) is 5.02 Å². The Labute approximate surface area is 138 Å². The van der Waals surface area contributed by atoms with Gasteiger partial charge in [-0.1, -0.05) is 45.7 Å². The van der Waals surface area contributed by atoms with Crippen LogP contribution in [0.4, 0.5) is 5.69 Å². The highest BCUT2D eigenvalue weighted by Crippen LogP contribution is 2.23. The van der Waals surface area contributed by atoms with E-state index in [0.717, 1.165) is 10.2 Å². The molecular formula is C17H17BrClNO. The third-order valence-electron chi connectivity index (χ3n) is 3.43. The first-order valence-corrected chi connectivity index (χ1v) is 7.91. The van der Waals surface area contributed by atoms with Crippen LogP contribution in [-0.2, 0) is 0 Å². The summed E-state index contributed by atoms with van der Waals surface area (Å²) in [7, 11) is 2.00. The van der Waals surface area contributed by atoms with Gasteiger partial charge in [-0.25, -0.2) is 0 Å². The molecule has 0 fully saturated rings. The average Bonchev–Trinajstić information content (AvgIpc) is 2.45. The quantitative estimate of drug-likeness (QED) is 0.684. The van der Waals surface area contributed by atoms with Gasteiger partial charge >= 0.3 is 0 Å². The molecule has 0 amide bonds. The van der Waals surface area contributed by atoms with Gasteiger partial charge in [0, 0.05) is 35.7 Å². The number of ketones is 1. The molecule has 0 aliphatic carbocycles. The molecule has 110 valence electrons. The number of hydrogen-bond acceptors (Lipinski definition) is 2. The van der Waals surface area contributed by atoms with Crippen molar-refractivity contribution in [2.24, 2.45) is 0 Å². The fourth-order valence-corrected chi connectivity index (χ4v) is 3.01. The summed E-state index contributed by atoms with van der Waals surface area (Å²) in [5.74, 6) is 0.0629. The topological polar surface area (TPSA) is 20.3 Å². The van der Waals surface area contributed by atoms with E-state index in [1.165, 1.54) is 5.56 Å². The Morgan fingerprint density at radius 2 is 1.95 bits per heavy atom. The average molecular weight is 367 g/mol. The van der Waals surface area contributed by atoms with Crippen LogP contribution in [0.15, 0.2) is 46.9 Å². The second-order valence-electron chi connectivity index (χ2n) is 5.01. The highest BCUT2D eigenvalue weighted by molar-refractivity contribution is 9.10. The highest BCUT2D eigenvalue weighted by atomic mass is 79.9. The van der Waals surface area contributed by atoms with Crippen molar-refractivity contribution in [3.05, 3.63) is 63.1 Å². The second kappa shape index (κ2) is 7.10. The van der Waals surface area contributed by atoms with Gasteiger partial charge in [-0.2, -0.15) is 0 Å². The number of rotatable bonds is 5. The molecule has 0 aromatic heterocycles. The molecule has 2 aromatic rings. The number of carbonyl (C=O) groups is 1. The molecule has 2 aromatic carbocycles. The Morgan fingerprint density at radius 3 is 2.62 bits per heavy atom. The van der Waals surface area contributed by atoms with Gasteiger partial charge in [-0.05, 0) is 36.8 Å². The van der Waals surface area contributed by atoms with Crippen LogP contribution >= 0.6 is 27.5 Å². The maximum Gasteiger partial charge on any atom is 0.166 e. The molecule has 0 N–H and O–H groups in total. The number of para-hydroxylation sites is 1. The van der Waals surface area contributed by atoms with Crippen molar-refractivity contribution in [1.29, 1.82) is 0 Å². The first kappa shape index (κ1) is 16.1. The fourth-order valence-electron chi connectivity index (χ4n) is 2.23. The lowest BCUT2D eigenvalue weighted by atomic mass is 10.1. The van der Waals surface area contributed by atoms with Crippen LogP contribution in [0.3, 0.4) is 0 Å². The Morgan fingerprint density at radius 1 is 1.24 bits per heavy atom. The summed E-state index contributed by atoms with van der Waals surface area (Å²) in [6.07, 6.45) is 0.437. The van der Waals surface area contributed by atoms with E-state index >= 15 is 0 Å². The Balaban J connectivity index is 2.02. The van der Waals surface area contributed by atoms with Crippen molar-refractivity contribution in [2.45, 2.75) is 13.3 Å². The molecule has 4 heteroatoms. The van der Waals surface area contributed by atoms with Gasteiger partial charge in [-0.3, -0.25) is 4.79 Å². The van der Waals surface area contributed by atoms with Crippen LogP contribution < -0.4 is 4.90 Å². The van der Waals surface area contributed by atoms with Gasteiger partial charge in [-0.15, -0.1) is 0 Å². The van der Waals surface area contributed by atoms with Gasteiger partial charge < -0.3 is 4.90 Å². The van der Waals surface area contributed by atoms with E-state index in [9.17, 15) is 4.79 Å². The normalized spacial score (nSPS) is 10.5. The summed E-state index contributed by atoms with van der Waals surface area (Å²) in [4.78, 5) is 14.4. The zero-order valence-electron chi connectivity index (χ0n) is 12.1. The number of halogens is 2. The first-order valence-electron chi connectivity index (χ1n) is 6.74. The summed E-state index contributed by atoms with van der Waals surface area (Å²) in [6.45, 7) is 2.73. The maximum absolute atomic E-state index is 12.3. The van der Waals surface area contributed by atoms with E-state index in [1.54, 1.807) is 12.1 Å². The predicted octanol–water partition coefficient (Wildman–Crippen LogP) is 5.12. The van der Waals surface area contributed by atoms with Crippen molar-refractivity contribution in [1.82, 2.24) is 0 Å². The van der Waals surface area contributed by atoms with Crippen molar-refractivity contribution in [3.8, 4) is 0 Å². The number of nitrogens with zero attached hydrogens (tertiary/aromatic N) is 1. The minimum Gasteiger partial charge on any atom is -0.374 e. The van der Waals surface area contributed by atoms with Crippen molar-refractivity contribution < 1.29 is 4.79 Å². The molecule has 0 bridgehead atoms. The third-order valence-corrected chi connectivity index (χ3v) is 4.24. The SMILES string of the molecule is Cc1ccccc1N(C)CCC(=O)c1ccc(Br)cc1Cl. The van der Waals surface area contributed by atoms with Crippen LogP contribution in [0.5, 0.6) is 0 Å². The zero-order chi connectivity index (χ0) is 15.4. The Bertz CT molecular complexity index is 657. The molecule has 0 radical (unpaired) electrons. The Hall–Kier alpha value is -1.32. The lowest BCUT2D eigenvalue weighted by molar-refractivity contribution is 0.0985. The number of Topliss-reactive ketones (excluding diaryl/α,β-unsaturated/α-hetero) is 1. The summed E-state index contributed by atoms with van der Waals surface area (Å²) >= 11 is 9.46. The summed E-state index contributed by atoms with van der Waals surface area (Å²) in [6, 6.07) is 13.5. The van der Waals surface area contributed by atoms with Crippen LogP contribution in [0.1, 0.15) is 22.3 Å². The van der Waals surface area contributed by atoms with Gasteiger partial charge in [0.1, 0.15) is 0 Å². The van der Waals surface area contributed by atoms with Crippen molar-refractivity contribution >= 4 is 39.0 Å². The molecule has 2 nitrogen and oxygen atoms in total. The minimum atomic E-state index is 0.0629. The molecule has 0 unspecified atom stereocenters. The van der Waals surface area contributed by atoms with E-state index in [2.05, 4.69) is 39.9 Å². The summed E-state index contributed by atoms with van der Waals surface area (Å²) < 4.78 is 0.876. The highest BCUT2D eigenvalue weighted by Gasteiger charge is 2.12. The first-order chi connectivity index (χ1) is 9.99. The molecule has 0 heterocycles. The molecule has 0 atom stereocenters. The molecular weight excluding hydrogens is 350 g/mol. The fraction of sp³-hybridized carbons (Fsp3) is 0.235. The number of carbonyl (C=O) groups excluding carboxylic acids is 1. The van der Waals surface area contributed by atoms with Crippen LogP contribution in [0.25, 0.3) is 0 Å². The van der Waals surface area contributed by atoms with Gasteiger partial charge in [0.15, 0.2) is 5.78 Å². The van der Waals surface area contributed by atoms with Gasteiger partial charge in [0.2, 0.25) is 0 Å². The summed E-state index contributed by atoms with van der Waals surface area (Å²) in [5.41, 5.74) is 2.93. The van der Waals surface area contributed by atoms with Crippen LogP contribution in [0, 0.1) is 6.92 Å². The molecule has 2 rings (SSSR count). The van der Waals surface area contributed by atoms with Crippen LogP contribution in [-0.4, -0.2) is 19.4 Å². The lowest BCUT2D eigenvalue weighted by Crippen LogP contribution is -2.22. The number of anilines is 1. The van der Waals surface area contributed by atoms with E-state index in [0.29, 0.717) is 23.6 Å². The number of aryl methyl sites for hydroxylation is 1. The largest absolute Gasteiger partial charge is 0.374 e. The Kier molecular flexibility index (Phi) is 5.43. The lowest BCUT2D eigenvalue weighted by Gasteiger charge is -2.21. The molecule has 0 saturated carbocycles. The van der Waals surface area contributed by atoms with E-state index < -0.39 is 0 Å². The minimum absolute atomic E-state index is 0.0629. The maximum atomic E-state index is 12.3. The molecule has 0 aliphatic rings. The van der Waals surface area contributed by atoms with Gasteiger partial charge in [0.05, 0.1) is 5.02 Å². The number of hydrogen-bond donors (Lipinski definition) is 0. The van der Waals surface area contributed by atoms with Crippen molar-refractivity contribution in [2.75, 3.05) is 18.5 Å². The van der Waals surface area contributed by atoms with Crippen molar-refractivity contribution in [3.63, 3.8) is 0 Å². The predicted molar refractivity (Wildman–Crippen MR) is 92.5 cm³/mol. The molecule has 0 spiro atoms. The summed E-state index contributed by atoms with van der Waals surface area (Å²) in [5, 5.41) is 0.493. The number of benzene rings is 2.